The smallest absolute Gasteiger partial charge is 0.255 e. The number of nitrogens with two attached hydrogens (primary N) is 1. The summed E-state index contributed by atoms with van der Waals surface area (Å²) in [7, 11) is 1.63. The van der Waals surface area contributed by atoms with E-state index in [1.807, 2.05) is 54.6 Å². The van der Waals surface area contributed by atoms with Crippen LogP contribution in [0.3, 0.4) is 0 Å². The minimum absolute atomic E-state index is 0.220. The Hall–Kier alpha value is -3.38. The maximum absolute atomic E-state index is 12.4. The summed E-state index contributed by atoms with van der Waals surface area (Å²) in [6.07, 6.45) is 0.653. The van der Waals surface area contributed by atoms with Crippen LogP contribution in [-0.2, 0) is 17.7 Å². The molecule has 0 spiro atoms. The molecule has 0 aliphatic rings. The molecule has 0 saturated carbocycles. The van der Waals surface area contributed by atoms with Gasteiger partial charge in [0.1, 0.15) is 17.3 Å². The maximum Gasteiger partial charge on any atom is 0.255 e. The van der Waals surface area contributed by atoms with E-state index < -0.39 is 0 Å². The molecule has 0 aliphatic heterocycles. The number of methoxy groups -OCH3 is 1. The molecular weight excluding hydrogens is 354 g/mol. The Balaban J connectivity index is 1.55. The summed E-state index contributed by atoms with van der Waals surface area (Å²) in [5, 5.41) is 2.86. The minimum Gasteiger partial charge on any atom is -0.457 e. The number of carbonyl (C=O) groups excluding carboxylic acids is 1. The van der Waals surface area contributed by atoms with Gasteiger partial charge in [0, 0.05) is 25.8 Å². The molecule has 0 atom stereocenters. The first kappa shape index (κ1) is 19.4. The van der Waals surface area contributed by atoms with Crippen LogP contribution >= 0.6 is 0 Å². The Bertz CT molecular complexity index is 912. The highest BCUT2D eigenvalue weighted by Gasteiger charge is 2.11. The van der Waals surface area contributed by atoms with Crippen molar-refractivity contribution < 1.29 is 14.3 Å². The van der Waals surface area contributed by atoms with E-state index in [0.29, 0.717) is 25.1 Å². The number of pyridine rings is 1. The molecule has 0 fully saturated rings. The van der Waals surface area contributed by atoms with E-state index in [0.717, 1.165) is 22.8 Å². The third-order valence-corrected chi connectivity index (χ3v) is 4.14. The summed E-state index contributed by atoms with van der Waals surface area (Å²) >= 11 is 0. The third-order valence-electron chi connectivity index (χ3n) is 4.14. The van der Waals surface area contributed by atoms with Crippen molar-refractivity contribution in [2.45, 2.75) is 13.0 Å². The lowest BCUT2D eigenvalue weighted by Crippen LogP contribution is -2.24. The standard InChI is InChI=1S/C22H23N3O3/c1-27-14-13-17-9-12-20(21(23)25-17)22(26)24-15-16-7-10-19(11-8-16)28-18-5-3-2-4-6-18/h2-12H,13-15H2,1H3,(H2,23,25)(H,24,26). The lowest BCUT2D eigenvalue weighted by Gasteiger charge is -2.10. The molecular formula is C22H23N3O3. The van der Waals surface area contributed by atoms with Gasteiger partial charge in [-0.3, -0.25) is 4.79 Å². The van der Waals surface area contributed by atoms with Gasteiger partial charge in [-0.2, -0.15) is 0 Å². The normalized spacial score (nSPS) is 10.5. The summed E-state index contributed by atoms with van der Waals surface area (Å²) in [5.74, 6) is 1.48. The van der Waals surface area contributed by atoms with Crippen LogP contribution in [-0.4, -0.2) is 24.6 Å². The summed E-state index contributed by atoms with van der Waals surface area (Å²) in [5.41, 5.74) is 8.04. The lowest BCUT2D eigenvalue weighted by atomic mass is 10.1. The van der Waals surface area contributed by atoms with E-state index in [-0.39, 0.29) is 11.7 Å². The number of benzene rings is 2. The van der Waals surface area contributed by atoms with Crippen LogP contribution in [0.15, 0.2) is 66.7 Å². The number of hydrogen-bond acceptors (Lipinski definition) is 5. The van der Waals surface area contributed by atoms with E-state index in [1.54, 1.807) is 19.2 Å². The van der Waals surface area contributed by atoms with Gasteiger partial charge < -0.3 is 20.5 Å². The highest BCUT2D eigenvalue weighted by atomic mass is 16.5. The predicted octanol–water partition coefficient (Wildman–Crippen LogP) is 3.58. The number of ether oxygens (including phenoxy) is 2. The zero-order chi connectivity index (χ0) is 19.8. The van der Waals surface area contributed by atoms with E-state index in [9.17, 15) is 4.79 Å². The molecule has 1 heterocycles. The van der Waals surface area contributed by atoms with Crippen molar-refractivity contribution in [1.29, 1.82) is 0 Å². The van der Waals surface area contributed by atoms with Gasteiger partial charge >= 0.3 is 0 Å². The van der Waals surface area contributed by atoms with Gasteiger partial charge in [0.2, 0.25) is 0 Å². The number of rotatable bonds is 8. The number of amides is 1. The molecule has 1 aromatic heterocycles. The summed E-state index contributed by atoms with van der Waals surface area (Å²) < 4.78 is 10.8. The average Bonchev–Trinajstić information content (AvgIpc) is 2.72. The highest BCUT2D eigenvalue weighted by molar-refractivity contribution is 5.98. The van der Waals surface area contributed by atoms with Crippen molar-refractivity contribution in [3.8, 4) is 11.5 Å². The zero-order valence-corrected chi connectivity index (χ0v) is 15.7. The number of nitrogens with one attached hydrogen (secondary N) is 1. The lowest BCUT2D eigenvalue weighted by molar-refractivity contribution is 0.0951. The molecule has 3 rings (SSSR count). The molecule has 0 saturated heterocycles. The fourth-order valence-electron chi connectivity index (χ4n) is 2.63. The van der Waals surface area contributed by atoms with Crippen LogP contribution < -0.4 is 15.8 Å². The van der Waals surface area contributed by atoms with Gasteiger partial charge in [-0.25, -0.2) is 4.98 Å². The fraction of sp³-hybridized carbons (Fsp3) is 0.182. The number of nitrogen functional groups attached to an aromatic ring is 1. The third kappa shape index (κ3) is 5.31. The molecule has 0 unspecified atom stereocenters. The molecule has 0 bridgehead atoms. The predicted molar refractivity (Wildman–Crippen MR) is 108 cm³/mol. The first-order valence-electron chi connectivity index (χ1n) is 9.00. The monoisotopic (exact) mass is 377 g/mol. The van der Waals surface area contributed by atoms with E-state index in [2.05, 4.69) is 10.3 Å². The topological polar surface area (TPSA) is 86.5 Å². The molecule has 28 heavy (non-hydrogen) atoms. The summed E-state index contributed by atoms with van der Waals surface area (Å²) in [4.78, 5) is 16.7. The molecule has 1 amide bonds. The van der Waals surface area contributed by atoms with Gasteiger partial charge in [0.05, 0.1) is 12.2 Å². The number of nitrogens with zero attached hydrogens (tertiary/aromatic N) is 1. The largest absolute Gasteiger partial charge is 0.457 e. The Morgan fingerprint density at radius 1 is 1.00 bits per heavy atom. The molecule has 6 nitrogen and oxygen atoms in total. The number of aromatic nitrogens is 1. The molecule has 6 heteroatoms. The van der Waals surface area contributed by atoms with Gasteiger partial charge in [-0.15, -0.1) is 0 Å². The van der Waals surface area contributed by atoms with Crippen LogP contribution in [0.1, 0.15) is 21.6 Å². The quantitative estimate of drug-likeness (QED) is 0.627. The Labute approximate surface area is 164 Å². The Morgan fingerprint density at radius 3 is 2.39 bits per heavy atom. The van der Waals surface area contributed by atoms with E-state index in [4.69, 9.17) is 15.2 Å². The van der Waals surface area contributed by atoms with Crippen molar-refractivity contribution in [1.82, 2.24) is 10.3 Å². The summed E-state index contributed by atoms with van der Waals surface area (Å²) in [6.45, 7) is 0.942. The Kier molecular flexibility index (Phi) is 6.59. The second kappa shape index (κ2) is 9.53. The fourth-order valence-corrected chi connectivity index (χ4v) is 2.63. The maximum atomic E-state index is 12.4. The number of hydrogen-bond donors (Lipinski definition) is 2. The van der Waals surface area contributed by atoms with Crippen molar-refractivity contribution >= 4 is 11.7 Å². The SMILES string of the molecule is COCCc1ccc(C(=O)NCc2ccc(Oc3ccccc3)cc2)c(N)n1. The summed E-state index contributed by atoms with van der Waals surface area (Å²) in [6, 6.07) is 20.6. The van der Waals surface area contributed by atoms with Crippen LogP contribution in [0.25, 0.3) is 0 Å². The van der Waals surface area contributed by atoms with Crippen molar-refractivity contribution in [2.75, 3.05) is 19.5 Å². The first-order chi connectivity index (χ1) is 13.7. The van der Waals surface area contributed by atoms with Gasteiger partial charge in [-0.05, 0) is 42.0 Å². The van der Waals surface area contributed by atoms with Crippen molar-refractivity contribution in [3.05, 3.63) is 83.6 Å². The number of anilines is 1. The molecule has 144 valence electrons. The molecule has 0 radical (unpaired) electrons. The van der Waals surface area contributed by atoms with Gasteiger partial charge in [0.25, 0.3) is 5.91 Å². The number of carbonyl (C=O) groups is 1. The van der Waals surface area contributed by atoms with Crippen molar-refractivity contribution in [2.24, 2.45) is 0 Å². The highest BCUT2D eigenvalue weighted by Crippen LogP contribution is 2.21. The second-order valence-corrected chi connectivity index (χ2v) is 6.22. The Morgan fingerprint density at radius 2 is 1.71 bits per heavy atom. The molecule has 3 aromatic rings. The van der Waals surface area contributed by atoms with Crippen LogP contribution in [0.2, 0.25) is 0 Å². The average molecular weight is 377 g/mol. The van der Waals surface area contributed by atoms with Gasteiger partial charge in [0.15, 0.2) is 0 Å². The van der Waals surface area contributed by atoms with E-state index >= 15 is 0 Å². The minimum atomic E-state index is -0.257. The van der Waals surface area contributed by atoms with Crippen molar-refractivity contribution in [3.63, 3.8) is 0 Å². The molecule has 2 aromatic carbocycles. The second-order valence-electron chi connectivity index (χ2n) is 6.22. The molecule has 3 N–H and O–H groups in total. The van der Waals surface area contributed by atoms with E-state index in [1.165, 1.54) is 0 Å². The molecule has 0 aliphatic carbocycles. The first-order valence-corrected chi connectivity index (χ1v) is 9.00. The zero-order valence-electron chi connectivity index (χ0n) is 15.7. The number of para-hydroxylation sites is 1. The van der Waals surface area contributed by atoms with Crippen LogP contribution in [0, 0.1) is 0 Å². The van der Waals surface area contributed by atoms with Gasteiger partial charge in [-0.1, -0.05) is 30.3 Å². The van der Waals surface area contributed by atoms with Crippen LogP contribution in [0.5, 0.6) is 11.5 Å². The van der Waals surface area contributed by atoms with Crippen LogP contribution in [0.4, 0.5) is 5.82 Å².